The molecule has 1 aromatic rings. The molecule has 0 heterocycles. The van der Waals surface area contributed by atoms with Gasteiger partial charge in [-0.15, -0.1) is 0 Å². The molecule has 102 valence electrons. The summed E-state index contributed by atoms with van der Waals surface area (Å²) in [7, 11) is 2.99. The van der Waals surface area contributed by atoms with Gasteiger partial charge in [-0.25, -0.2) is 0 Å². The van der Waals surface area contributed by atoms with Gasteiger partial charge >= 0.3 is 5.97 Å². The predicted molar refractivity (Wildman–Crippen MR) is 69.0 cm³/mol. The maximum absolute atomic E-state index is 11.2. The highest BCUT2D eigenvalue weighted by atomic mass is 16.5. The first kappa shape index (κ1) is 14.6. The van der Waals surface area contributed by atoms with Gasteiger partial charge in [0.05, 0.1) is 20.6 Å². The lowest BCUT2D eigenvalue weighted by molar-refractivity contribution is -0.136. The minimum Gasteiger partial charge on any atom is -0.493 e. The standard InChI is InChI=1S/C13H15NO5/c1-18-10-4-3-8(6-11(10)19-2)5-9(13(14)17)7-12(15)16/h3-6H,7H2,1-2H3,(H2,14,17)(H,15,16). The van der Waals surface area contributed by atoms with Crippen molar-refractivity contribution < 1.29 is 24.2 Å². The molecular formula is C13H15NO5. The molecule has 0 unspecified atom stereocenters. The molecule has 1 aromatic carbocycles. The van der Waals surface area contributed by atoms with E-state index in [2.05, 4.69) is 0 Å². The molecule has 0 aliphatic carbocycles. The summed E-state index contributed by atoms with van der Waals surface area (Å²) in [4.78, 5) is 21.8. The van der Waals surface area contributed by atoms with E-state index >= 15 is 0 Å². The third-order valence-electron chi connectivity index (χ3n) is 2.41. The molecule has 19 heavy (non-hydrogen) atoms. The lowest BCUT2D eigenvalue weighted by Crippen LogP contribution is -2.16. The molecule has 0 saturated carbocycles. The minimum absolute atomic E-state index is 0.0136. The summed E-state index contributed by atoms with van der Waals surface area (Å²) in [5.41, 5.74) is 5.75. The lowest BCUT2D eigenvalue weighted by atomic mass is 10.1. The molecule has 0 aliphatic heterocycles. The molecule has 3 N–H and O–H groups in total. The van der Waals surface area contributed by atoms with Crippen LogP contribution >= 0.6 is 0 Å². The summed E-state index contributed by atoms with van der Waals surface area (Å²) in [6.45, 7) is 0. The molecule has 0 atom stereocenters. The largest absolute Gasteiger partial charge is 0.493 e. The Bertz CT molecular complexity index is 522. The second kappa shape index (κ2) is 6.44. The molecule has 1 rings (SSSR count). The van der Waals surface area contributed by atoms with E-state index in [0.29, 0.717) is 17.1 Å². The average molecular weight is 265 g/mol. The monoisotopic (exact) mass is 265 g/mol. The number of carbonyl (C=O) groups is 2. The number of amides is 1. The number of ether oxygens (including phenoxy) is 2. The Balaban J connectivity index is 3.14. The highest BCUT2D eigenvalue weighted by Gasteiger charge is 2.11. The van der Waals surface area contributed by atoms with E-state index in [0.717, 1.165) is 0 Å². The summed E-state index contributed by atoms with van der Waals surface area (Å²) in [5, 5.41) is 8.70. The molecule has 0 aliphatic rings. The first-order chi connectivity index (χ1) is 8.97. The first-order valence-corrected chi connectivity index (χ1v) is 5.42. The summed E-state index contributed by atoms with van der Waals surface area (Å²) in [6.07, 6.45) is 0.988. The van der Waals surface area contributed by atoms with Gasteiger partial charge in [-0.3, -0.25) is 9.59 Å². The summed E-state index contributed by atoms with van der Waals surface area (Å²) < 4.78 is 10.2. The van der Waals surface area contributed by atoms with Gasteiger partial charge in [-0.1, -0.05) is 6.07 Å². The van der Waals surface area contributed by atoms with E-state index in [4.69, 9.17) is 20.3 Å². The van der Waals surface area contributed by atoms with Crippen LogP contribution < -0.4 is 15.2 Å². The quantitative estimate of drug-likeness (QED) is 0.749. The van der Waals surface area contributed by atoms with Gasteiger partial charge in [0.1, 0.15) is 0 Å². The predicted octanol–water partition coefficient (Wildman–Crippen LogP) is 1.05. The van der Waals surface area contributed by atoms with Crippen molar-refractivity contribution in [2.75, 3.05) is 14.2 Å². The van der Waals surface area contributed by atoms with Crippen LogP contribution in [0.4, 0.5) is 0 Å². The molecular weight excluding hydrogens is 250 g/mol. The van der Waals surface area contributed by atoms with Crippen LogP contribution in [0, 0.1) is 0 Å². The van der Waals surface area contributed by atoms with Gasteiger partial charge < -0.3 is 20.3 Å². The van der Waals surface area contributed by atoms with Crippen molar-refractivity contribution in [3.8, 4) is 11.5 Å². The number of primary amides is 1. The molecule has 1 amide bonds. The van der Waals surface area contributed by atoms with E-state index < -0.39 is 18.3 Å². The maximum Gasteiger partial charge on any atom is 0.308 e. The fraction of sp³-hybridized carbons (Fsp3) is 0.231. The van der Waals surface area contributed by atoms with Crippen molar-refractivity contribution in [1.29, 1.82) is 0 Å². The topological polar surface area (TPSA) is 98.9 Å². The van der Waals surface area contributed by atoms with E-state index in [1.807, 2.05) is 0 Å². The van der Waals surface area contributed by atoms with Gasteiger partial charge in [0.25, 0.3) is 0 Å². The maximum atomic E-state index is 11.2. The Morgan fingerprint density at radius 1 is 1.26 bits per heavy atom. The van der Waals surface area contributed by atoms with Crippen molar-refractivity contribution >= 4 is 18.0 Å². The van der Waals surface area contributed by atoms with Crippen LogP contribution in [0.25, 0.3) is 6.08 Å². The number of benzene rings is 1. The van der Waals surface area contributed by atoms with Gasteiger partial charge in [-0.2, -0.15) is 0 Å². The zero-order chi connectivity index (χ0) is 14.4. The van der Waals surface area contributed by atoms with Crippen molar-refractivity contribution in [3.05, 3.63) is 29.3 Å². The molecule has 0 radical (unpaired) electrons. The second-order valence-electron chi connectivity index (χ2n) is 3.72. The van der Waals surface area contributed by atoms with E-state index in [-0.39, 0.29) is 5.57 Å². The number of nitrogens with two attached hydrogens (primary N) is 1. The molecule has 0 saturated heterocycles. The van der Waals surface area contributed by atoms with Gasteiger partial charge in [-0.05, 0) is 23.8 Å². The van der Waals surface area contributed by atoms with Crippen molar-refractivity contribution in [2.24, 2.45) is 5.73 Å². The normalized spacial score (nSPS) is 10.9. The van der Waals surface area contributed by atoms with E-state index in [9.17, 15) is 9.59 Å². The van der Waals surface area contributed by atoms with Crippen molar-refractivity contribution in [1.82, 2.24) is 0 Å². The summed E-state index contributed by atoms with van der Waals surface area (Å²) >= 11 is 0. The van der Waals surface area contributed by atoms with Gasteiger partial charge in [0.2, 0.25) is 5.91 Å². The molecule has 0 aromatic heterocycles. The van der Waals surface area contributed by atoms with Crippen LogP contribution in [0.3, 0.4) is 0 Å². The smallest absolute Gasteiger partial charge is 0.308 e. The number of carboxylic acids is 1. The SMILES string of the molecule is COc1ccc(C=C(CC(=O)O)C(N)=O)cc1OC. The summed E-state index contributed by atoms with van der Waals surface area (Å²) in [5.74, 6) is -0.864. The molecule has 0 fully saturated rings. The zero-order valence-electron chi connectivity index (χ0n) is 10.7. The Labute approximate surface area is 110 Å². The van der Waals surface area contributed by atoms with Crippen LogP contribution in [0.2, 0.25) is 0 Å². The number of methoxy groups -OCH3 is 2. The van der Waals surface area contributed by atoms with Gasteiger partial charge in [0.15, 0.2) is 11.5 Å². The highest BCUT2D eigenvalue weighted by molar-refractivity contribution is 6.00. The van der Waals surface area contributed by atoms with Crippen LogP contribution in [0.15, 0.2) is 23.8 Å². The van der Waals surface area contributed by atoms with E-state index in [1.165, 1.54) is 20.3 Å². The van der Waals surface area contributed by atoms with Crippen LogP contribution in [0.5, 0.6) is 11.5 Å². The van der Waals surface area contributed by atoms with E-state index in [1.54, 1.807) is 18.2 Å². The zero-order valence-corrected chi connectivity index (χ0v) is 10.7. The number of hydrogen-bond acceptors (Lipinski definition) is 4. The van der Waals surface area contributed by atoms with Crippen molar-refractivity contribution in [3.63, 3.8) is 0 Å². The average Bonchev–Trinajstić information content (AvgIpc) is 2.37. The number of aliphatic carboxylic acids is 1. The number of carbonyl (C=O) groups excluding carboxylic acids is 1. The van der Waals surface area contributed by atoms with Gasteiger partial charge in [0, 0.05) is 5.57 Å². The minimum atomic E-state index is -1.12. The number of hydrogen-bond donors (Lipinski definition) is 2. The molecule has 0 spiro atoms. The molecule has 6 heteroatoms. The van der Waals surface area contributed by atoms with Crippen LogP contribution in [-0.2, 0) is 9.59 Å². The number of rotatable bonds is 6. The summed E-state index contributed by atoms with van der Waals surface area (Å²) in [6, 6.07) is 4.96. The third kappa shape index (κ3) is 4.02. The Morgan fingerprint density at radius 2 is 1.89 bits per heavy atom. The van der Waals surface area contributed by atoms with Crippen LogP contribution in [-0.4, -0.2) is 31.2 Å². The fourth-order valence-electron chi connectivity index (χ4n) is 1.52. The third-order valence-corrected chi connectivity index (χ3v) is 2.41. The number of carboxylic acid groups (broad SMARTS) is 1. The Hall–Kier alpha value is -2.50. The second-order valence-corrected chi connectivity index (χ2v) is 3.72. The Kier molecular flexibility index (Phi) is 4.93. The van der Waals surface area contributed by atoms with Crippen LogP contribution in [0.1, 0.15) is 12.0 Å². The fourth-order valence-corrected chi connectivity index (χ4v) is 1.52. The first-order valence-electron chi connectivity index (χ1n) is 5.42. The molecule has 6 nitrogen and oxygen atoms in total. The lowest BCUT2D eigenvalue weighted by Gasteiger charge is -2.08. The van der Waals surface area contributed by atoms with Crippen molar-refractivity contribution in [2.45, 2.75) is 6.42 Å². The Morgan fingerprint density at radius 3 is 2.37 bits per heavy atom. The highest BCUT2D eigenvalue weighted by Crippen LogP contribution is 2.28. The molecule has 0 bridgehead atoms.